The maximum Gasteiger partial charge on any atom is 0.106 e. The molecule has 0 aromatic heterocycles. The fourth-order valence-corrected chi connectivity index (χ4v) is 2.17. The summed E-state index contributed by atoms with van der Waals surface area (Å²) >= 11 is 0. The molecule has 0 amide bonds. The lowest BCUT2D eigenvalue weighted by Crippen LogP contribution is -2.35. The molecule has 0 spiro atoms. The molecule has 0 heterocycles. The van der Waals surface area contributed by atoms with Crippen LogP contribution in [0.3, 0.4) is 0 Å². The SMILES string of the molecule is CCOC(C(O)c1cccc(CC)c1)C(C)(C)C. The lowest BCUT2D eigenvalue weighted by Gasteiger charge is -2.34. The molecule has 1 aromatic carbocycles. The van der Waals surface area contributed by atoms with Crippen LogP contribution in [-0.2, 0) is 11.2 Å². The van der Waals surface area contributed by atoms with E-state index in [-0.39, 0.29) is 11.5 Å². The average Bonchev–Trinajstić information content (AvgIpc) is 2.34. The van der Waals surface area contributed by atoms with Crippen LogP contribution in [0.5, 0.6) is 0 Å². The van der Waals surface area contributed by atoms with Crippen molar-refractivity contribution in [3.05, 3.63) is 35.4 Å². The van der Waals surface area contributed by atoms with Gasteiger partial charge in [-0.2, -0.15) is 0 Å². The van der Waals surface area contributed by atoms with E-state index in [1.54, 1.807) is 0 Å². The van der Waals surface area contributed by atoms with E-state index in [4.69, 9.17) is 4.74 Å². The number of hydrogen-bond donors (Lipinski definition) is 1. The van der Waals surface area contributed by atoms with Gasteiger partial charge in [-0.25, -0.2) is 0 Å². The molecular weight excluding hydrogens is 224 g/mol. The number of benzene rings is 1. The van der Waals surface area contributed by atoms with Crippen molar-refractivity contribution in [2.75, 3.05) is 6.61 Å². The minimum absolute atomic E-state index is 0.0857. The summed E-state index contributed by atoms with van der Waals surface area (Å²) in [6.07, 6.45) is 0.223. The van der Waals surface area contributed by atoms with Gasteiger partial charge in [-0.05, 0) is 29.9 Å². The number of aliphatic hydroxyl groups is 1. The minimum atomic E-state index is -0.573. The normalized spacial score (nSPS) is 15.4. The van der Waals surface area contributed by atoms with E-state index >= 15 is 0 Å². The van der Waals surface area contributed by atoms with Crippen molar-refractivity contribution in [3.8, 4) is 0 Å². The fraction of sp³-hybridized carbons (Fsp3) is 0.625. The van der Waals surface area contributed by atoms with Gasteiger partial charge in [0.15, 0.2) is 0 Å². The standard InChI is InChI=1S/C16H26O2/c1-6-12-9-8-10-13(11-12)14(17)15(18-7-2)16(3,4)5/h8-11,14-15,17H,6-7H2,1-5H3. The van der Waals surface area contributed by atoms with Gasteiger partial charge in [0.1, 0.15) is 6.10 Å². The molecule has 0 radical (unpaired) electrons. The van der Waals surface area contributed by atoms with Crippen LogP contribution in [0.2, 0.25) is 0 Å². The molecule has 0 fully saturated rings. The Bertz CT molecular complexity index is 366. The molecule has 0 saturated heterocycles. The Hall–Kier alpha value is -0.860. The second-order valence-electron chi connectivity index (χ2n) is 5.79. The fourth-order valence-electron chi connectivity index (χ4n) is 2.17. The number of aryl methyl sites for hydroxylation is 1. The highest BCUT2D eigenvalue weighted by atomic mass is 16.5. The average molecular weight is 250 g/mol. The first-order valence-electron chi connectivity index (χ1n) is 6.78. The van der Waals surface area contributed by atoms with E-state index in [9.17, 15) is 5.11 Å². The predicted octanol–water partition coefficient (Wildman–Crippen LogP) is 3.73. The van der Waals surface area contributed by atoms with Crippen LogP contribution in [0.1, 0.15) is 51.8 Å². The summed E-state index contributed by atoms with van der Waals surface area (Å²) in [5.41, 5.74) is 2.11. The third kappa shape index (κ3) is 3.82. The highest BCUT2D eigenvalue weighted by molar-refractivity contribution is 5.26. The molecule has 102 valence electrons. The van der Waals surface area contributed by atoms with Crippen molar-refractivity contribution in [1.29, 1.82) is 0 Å². The van der Waals surface area contributed by atoms with Crippen LogP contribution < -0.4 is 0 Å². The van der Waals surface area contributed by atoms with Crippen molar-refractivity contribution in [2.24, 2.45) is 5.41 Å². The monoisotopic (exact) mass is 250 g/mol. The summed E-state index contributed by atoms with van der Waals surface area (Å²) in [6.45, 7) is 11.0. The van der Waals surface area contributed by atoms with Gasteiger partial charge in [-0.1, -0.05) is 52.0 Å². The zero-order chi connectivity index (χ0) is 13.8. The lowest BCUT2D eigenvalue weighted by molar-refractivity contribution is -0.0899. The molecule has 0 aliphatic heterocycles. The van der Waals surface area contributed by atoms with E-state index in [1.807, 2.05) is 19.1 Å². The molecular formula is C16H26O2. The molecule has 0 aliphatic carbocycles. The van der Waals surface area contributed by atoms with Crippen LogP contribution in [-0.4, -0.2) is 17.8 Å². The van der Waals surface area contributed by atoms with E-state index in [1.165, 1.54) is 5.56 Å². The third-order valence-corrected chi connectivity index (χ3v) is 3.19. The molecule has 2 atom stereocenters. The summed E-state index contributed by atoms with van der Waals surface area (Å²) in [5.74, 6) is 0. The van der Waals surface area contributed by atoms with Gasteiger partial charge < -0.3 is 9.84 Å². The lowest BCUT2D eigenvalue weighted by atomic mass is 9.83. The number of rotatable bonds is 5. The number of aliphatic hydroxyl groups excluding tert-OH is 1. The third-order valence-electron chi connectivity index (χ3n) is 3.19. The van der Waals surface area contributed by atoms with Gasteiger partial charge in [0, 0.05) is 6.61 Å². The first-order chi connectivity index (χ1) is 8.40. The predicted molar refractivity (Wildman–Crippen MR) is 75.6 cm³/mol. The topological polar surface area (TPSA) is 29.5 Å². The van der Waals surface area contributed by atoms with E-state index in [0.29, 0.717) is 6.61 Å². The summed E-state index contributed by atoms with van der Waals surface area (Å²) in [4.78, 5) is 0. The van der Waals surface area contributed by atoms with Crippen molar-refractivity contribution in [2.45, 2.75) is 53.2 Å². The van der Waals surface area contributed by atoms with Crippen molar-refractivity contribution in [1.82, 2.24) is 0 Å². The Morgan fingerprint density at radius 2 is 1.89 bits per heavy atom. The Balaban J connectivity index is 2.97. The molecule has 2 heteroatoms. The van der Waals surface area contributed by atoms with Gasteiger partial charge in [-0.15, -0.1) is 0 Å². The van der Waals surface area contributed by atoms with Crippen LogP contribution in [0, 0.1) is 5.41 Å². The van der Waals surface area contributed by atoms with Crippen molar-refractivity contribution < 1.29 is 9.84 Å². The zero-order valence-corrected chi connectivity index (χ0v) is 12.2. The van der Waals surface area contributed by atoms with Gasteiger partial charge in [0.05, 0.1) is 6.10 Å². The molecule has 1 rings (SSSR count). The molecule has 2 nitrogen and oxygen atoms in total. The molecule has 1 N–H and O–H groups in total. The Morgan fingerprint density at radius 1 is 1.22 bits per heavy atom. The van der Waals surface area contributed by atoms with Crippen LogP contribution in [0.15, 0.2) is 24.3 Å². The minimum Gasteiger partial charge on any atom is -0.386 e. The summed E-state index contributed by atoms with van der Waals surface area (Å²) < 4.78 is 5.75. The first-order valence-corrected chi connectivity index (χ1v) is 6.78. The Morgan fingerprint density at radius 3 is 2.39 bits per heavy atom. The van der Waals surface area contributed by atoms with E-state index < -0.39 is 6.10 Å². The van der Waals surface area contributed by atoms with Gasteiger partial charge >= 0.3 is 0 Å². The Labute approximate surface area is 111 Å². The van der Waals surface area contributed by atoms with E-state index in [2.05, 4.69) is 39.8 Å². The number of ether oxygens (including phenoxy) is 1. The van der Waals surface area contributed by atoms with Crippen LogP contribution in [0.25, 0.3) is 0 Å². The van der Waals surface area contributed by atoms with Gasteiger partial charge in [0.25, 0.3) is 0 Å². The highest BCUT2D eigenvalue weighted by Gasteiger charge is 2.32. The molecule has 18 heavy (non-hydrogen) atoms. The maximum absolute atomic E-state index is 10.5. The van der Waals surface area contributed by atoms with Crippen LogP contribution >= 0.6 is 0 Å². The maximum atomic E-state index is 10.5. The van der Waals surface area contributed by atoms with Gasteiger partial charge in [0.2, 0.25) is 0 Å². The van der Waals surface area contributed by atoms with Gasteiger partial charge in [-0.3, -0.25) is 0 Å². The van der Waals surface area contributed by atoms with Crippen molar-refractivity contribution >= 4 is 0 Å². The molecule has 1 aromatic rings. The largest absolute Gasteiger partial charge is 0.386 e. The molecule has 2 unspecified atom stereocenters. The Kier molecular flexibility index (Phi) is 5.36. The highest BCUT2D eigenvalue weighted by Crippen LogP contribution is 2.33. The molecule has 0 saturated carbocycles. The summed E-state index contributed by atoms with van der Waals surface area (Å²) in [5, 5.41) is 10.5. The number of hydrogen-bond acceptors (Lipinski definition) is 2. The quantitative estimate of drug-likeness (QED) is 0.862. The summed E-state index contributed by atoms with van der Waals surface area (Å²) in [6, 6.07) is 8.13. The molecule has 0 aliphatic rings. The zero-order valence-electron chi connectivity index (χ0n) is 12.2. The van der Waals surface area contributed by atoms with Crippen molar-refractivity contribution in [3.63, 3.8) is 0 Å². The smallest absolute Gasteiger partial charge is 0.106 e. The molecule has 0 bridgehead atoms. The van der Waals surface area contributed by atoms with Crippen LogP contribution in [0.4, 0.5) is 0 Å². The summed E-state index contributed by atoms with van der Waals surface area (Å²) in [7, 11) is 0. The first kappa shape index (κ1) is 15.2. The second kappa shape index (κ2) is 6.35. The second-order valence-corrected chi connectivity index (χ2v) is 5.79. The van der Waals surface area contributed by atoms with E-state index in [0.717, 1.165) is 12.0 Å².